The summed E-state index contributed by atoms with van der Waals surface area (Å²) in [6.45, 7) is 10.9. The van der Waals surface area contributed by atoms with E-state index in [-0.39, 0.29) is 63.8 Å². The fraction of sp³-hybridized carbons (Fsp3) is 0.0938. The highest BCUT2D eigenvalue weighted by molar-refractivity contribution is 5.67. The van der Waals surface area contributed by atoms with Crippen LogP contribution in [0.25, 0.3) is 28.1 Å². The molecule has 0 aliphatic rings. The number of para-hydroxylation sites is 2. The molecule has 0 spiro atoms. The maximum Gasteiger partial charge on any atom is 0.322 e. The first-order chi connectivity index (χ1) is 25.3. The Morgan fingerprint density at radius 2 is 1.21 bits per heavy atom. The quantitative estimate of drug-likeness (QED) is 0.138. The van der Waals surface area contributed by atoms with E-state index < -0.39 is 0 Å². The number of aromatic nitrogens is 11. The van der Waals surface area contributed by atoms with E-state index in [1.165, 1.54) is 38.2 Å². The van der Waals surface area contributed by atoms with Gasteiger partial charge in [0.2, 0.25) is 0 Å². The van der Waals surface area contributed by atoms with Crippen molar-refractivity contribution in [3.05, 3.63) is 101 Å². The topological polar surface area (TPSA) is 249 Å². The van der Waals surface area contributed by atoms with E-state index in [4.69, 9.17) is 22.8 Å². The van der Waals surface area contributed by atoms with Crippen LogP contribution in [-0.4, -0.2) is 61.2 Å². The highest BCUT2D eigenvalue weighted by atomic mass is 16.5. The summed E-state index contributed by atoms with van der Waals surface area (Å²) >= 11 is 0. The minimum absolute atomic E-state index is 0.0366. The van der Waals surface area contributed by atoms with Crippen LogP contribution in [0.15, 0.2) is 93.5 Å². The molecule has 5 aromatic heterocycles. The van der Waals surface area contributed by atoms with Crippen LogP contribution in [0.4, 0.5) is 40.3 Å². The number of nitrogens with zero attached hydrogens (tertiary/aromatic N) is 17. The molecule has 52 heavy (non-hydrogen) atoms. The summed E-state index contributed by atoms with van der Waals surface area (Å²) in [5, 5.41) is 44.6. The summed E-state index contributed by atoms with van der Waals surface area (Å²) in [4.78, 5) is 16.7. The second kappa shape index (κ2) is 13.4. The molecular formula is C32H25N19O. The first kappa shape index (κ1) is 32.4. The van der Waals surface area contributed by atoms with Gasteiger partial charge in [-0.15, -0.1) is 20.5 Å². The number of nitrogens with two attached hydrogens (primary N) is 2. The molecular weight excluding hydrogens is 666 g/mol. The summed E-state index contributed by atoms with van der Waals surface area (Å²) in [6, 6.07) is 20.4. The third-order valence-electron chi connectivity index (χ3n) is 7.48. The number of methoxy groups -OCH3 is 1. The molecule has 7 rings (SSSR count). The van der Waals surface area contributed by atoms with Crippen LogP contribution in [-0.2, 0) is 0 Å². The van der Waals surface area contributed by atoms with E-state index >= 15 is 0 Å². The first-order valence-corrected chi connectivity index (χ1v) is 15.2. The Balaban J connectivity index is 1.24. The Morgan fingerprint density at radius 1 is 0.712 bits per heavy atom. The molecule has 0 atom stereocenters. The van der Waals surface area contributed by atoms with E-state index in [1.807, 2.05) is 60.7 Å². The van der Waals surface area contributed by atoms with Crippen molar-refractivity contribution in [1.29, 1.82) is 5.26 Å². The van der Waals surface area contributed by atoms with Crippen LogP contribution >= 0.6 is 0 Å². The molecule has 7 aromatic rings. The van der Waals surface area contributed by atoms with Crippen LogP contribution in [0.5, 0.6) is 6.01 Å². The standard InChI is InChI=1S/C32H25N19O/c1-18-24(42-44-28-20(15-33)16-37-48(28)21-11-7-5-8-12-21)26(34)50(46-18)30-39-31(41-32(40-30)52-4)51-27(35)25(19(2)47-51)43-45-29-23(36-3)17-38-49(29)22-13-9-6-10-14-22/h5-14,16-17H,34-35H2,1-2,4H3. The van der Waals surface area contributed by atoms with Crippen LogP contribution in [0.1, 0.15) is 17.0 Å². The predicted molar refractivity (Wildman–Crippen MR) is 185 cm³/mol. The Hall–Kier alpha value is -8.13. The summed E-state index contributed by atoms with van der Waals surface area (Å²) in [6.07, 6.45) is 2.81. The highest BCUT2D eigenvalue weighted by Gasteiger charge is 2.23. The maximum atomic E-state index is 9.67. The van der Waals surface area contributed by atoms with Gasteiger partial charge in [-0.2, -0.15) is 50.0 Å². The van der Waals surface area contributed by atoms with Gasteiger partial charge >= 0.3 is 6.01 Å². The number of nitriles is 1. The number of nitrogen functional groups attached to an aromatic ring is 2. The lowest BCUT2D eigenvalue weighted by atomic mass is 10.3. The van der Waals surface area contributed by atoms with Crippen LogP contribution < -0.4 is 16.2 Å². The van der Waals surface area contributed by atoms with Gasteiger partial charge in [0.05, 0.1) is 48.8 Å². The van der Waals surface area contributed by atoms with Crippen molar-refractivity contribution in [3.8, 4) is 35.4 Å². The number of rotatable bonds is 9. The number of azo groups is 2. The molecule has 0 aliphatic carbocycles. The number of anilines is 2. The number of hydrogen-bond acceptors (Lipinski definition) is 15. The van der Waals surface area contributed by atoms with Crippen molar-refractivity contribution in [2.75, 3.05) is 18.6 Å². The van der Waals surface area contributed by atoms with Crippen LogP contribution in [0.2, 0.25) is 0 Å². The van der Waals surface area contributed by atoms with E-state index in [9.17, 15) is 5.26 Å². The van der Waals surface area contributed by atoms with Gasteiger partial charge in [0.25, 0.3) is 17.6 Å². The maximum absolute atomic E-state index is 9.67. The van der Waals surface area contributed by atoms with Crippen molar-refractivity contribution in [2.24, 2.45) is 20.5 Å². The molecule has 0 unspecified atom stereocenters. The van der Waals surface area contributed by atoms with Crippen molar-refractivity contribution >= 4 is 40.3 Å². The van der Waals surface area contributed by atoms with E-state index in [0.717, 1.165) is 0 Å². The molecule has 0 amide bonds. The molecule has 0 aliphatic heterocycles. The molecule has 20 nitrogen and oxygen atoms in total. The predicted octanol–water partition coefficient (Wildman–Crippen LogP) is 5.66. The van der Waals surface area contributed by atoms with E-state index in [1.54, 1.807) is 13.8 Å². The monoisotopic (exact) mass is 691 g/mol. The molecule has 254 valence electrons. The van der Waals surface area contributed by atoms with Gasteiger partial charge in [-0.1, -0.05) is 36.4 Å². The van der Waals surface area contributed by atoms with Gasteiger partial charge in [-0.3, -0.25) is 0 Å². The number of hydrogen-bond donors (Lipinski definition) is 2. The average Bonchev–Trinajstić information content (AvgIpc) is 3.93. The second-order valence-corrected chi connectivity index (χ2v) is 10.7. The van der Waals surface area contributed by atoms with Gasteiger partial charge in [-0.05, 0) is 38.1 Å². The minimum Gasteiger partial charge on any atom is -0.467 e. The second-order valence-electron chi connectivity index (χ2n) is 10.7. The molecule has 0 saturated carbocycles. The Bertz CT molecular complexity index is 2410. The molecule has 20 heteroatoms. The average molecular weight is 692 g/mol. The third-order valence-corrected chi connectivity index (χ3v) is 7.48. The Morgan fingerprint density at radius 3 is 1.71 bits per heavy atom. The zero-order valence-electron chi connectivity index (χ0n) is 27.6. The van der Waals surface area contributed by atoms with Gasteiger partial charge in [0.15, 0.2) is 34.6 Å². The summed E-state index contributed by atoms with van der Waals surface area (Å²) in [5.74, 6) is 0.410. The fourth-order valence-corrected chi connectivity index (χ4v) is 4.98. The summed E-state index contributed by atoms with van der Waals surface area (Å²) in [5.41, 5.74) is 16.0. The van der Waals surface area contributed by atoms with Gasteiger partial charge in [0, 0.05) is 0 Å². The van der Waals surface area contributed by atoms with Crippen LogP contribution in [0, 0.1) is 31.8 Å². The number of aryl methyl sites for hydroxylation is 2. The first-order valence-electron chi connectivity index (χ1n) is 15.2. The van der Waals surface area contributed by atoms with Gasteiger partial charge in [-0.25, -0.2) is 14.2 Å². The van der Waals surface area contributed by atoms with E-state index in [0.29, 0.717) is 22.8 Å². The summed E-state index contributed by atoms with van der Waals surface area (Å²) in [7, 11) is 1.38. The zero-order valence-corrected chi connectivity index (χ0v) is 27.6. The SMILES string of the molecule is [C-]#[N+]c1cnn(-c2ccccc2)c1N=Nc1c(C)nn(-c2nc(OC)nc(-n3nc(C)c(N=Nc4c(C#N)cnn4-c4ccccc4)c3N)n2)c1N. The largest absolute Gasteiger partial charge is 0.467 e. The van der Waals surface area contributed by atoms with Crippen molar-refractivity contribution in [2.45, 2.75) is 13.8 Å². The van der Waals surface area contributed by atoms with Gasteiger partial charge in [0.1, 0.15) is 11.6 Å². The molecule has 0 fully saturated rings. The van der Waals surface area contributed by atoms with Crippen molar-refractivity contribution in [3.63, 3.8) is 0 Å². The fourth-order valence-electron chi connectivity index (χ4n) is 4.98. The number of ether oxygens (including phenoxy) is 1. The molecule has 4 N–H and O–H groups in total. The zero-order chi connectivity index (χ0) is 36.4. The van der Waals surface area contributed by atoms with Crippen molar-refractivity contribution < 1.29 is 4.74 Å². The lowest BCUT2D eigenvalue weighted by Crippen LogP contribution is -2.14. The normalized spacial score (nSPS) is 11.3. The molecule has 2 aromatic carbocycles. The van der Waals surface area contributed by atoms with Gasteiger partial charge < -0.3 is 16.2 Å². The Kier molecular flexibility index (Phi) is 8.36. The molecule has 5 heterocycles. The van der Waals surface area contributed by atoms with Crippen LogP contribution in [0.3, 0.4) is 0 Å². The Labute approximate surface area is 293 Å². The number of benzene rings is 2. The summed E-state index contributed by atoms with van der Waals surface area (Å²) < 4.78 is 10.8. The lowest BCUT2D eigenvalue weighted by Gasteiger charge is -2.08. The third kappa shape index (κ3) is 5.79. The molecule has 0 bridgehead atoms. The van der Waals surface area contributed by atoms with E-state index in [2.05, 4.69) is 66.7 Å². The lowest BCUT2D eigenvalue weighted by molar-refractivity contribution is 0.375. The molecule has 0 radical (unpaired) electrons. The minimum atomic E-state index is -0.0923. The highest BCUT2D eigenvalue weighted by Crippen LogP contribution is 2.36. The molecule has 0 saturated heterocycles. The van der Waals surface area contributed by atoms with Crippen molar-refractivity contribution in [1.82, 2.24) is 54.1 Å². The smallest absolute Gasteiger partial charge is 0.322 e.